The normalized spacial score (nSPS) is 14.4. The van der Waals surface area contributed by atoms with Gasteiger partial charge in [-0.1, -0.05) is 26.0 Å². The zero-order valence-corrected chi connectivity index (χ0v) is 18.5. The van der Waals surface area contributed by atoms with Gasteiger partial charge in [-0.3, -0.25) is 19.3 Å². The van der Waals surface area contributed by atoms with Gasteiger partial charge < -0.3 is 5.32 Å². The van der Waals surface area contributed by atoms with E-state index in [0.717, 1.165) is 4.90 Å². The molecule has 0 radical (unpaired) electrons. The predicted octanol–water partition coefficient (Wildman–Crippen LogP) is 2.93. The van der Waals surface area contributed by atoms with Gasteiger partial charge in [0.15, 0.2) is 0 Å². The molecule has 0 aliphatic carbocycles. The van der Waals surface area contributed by atoms with Crippen LogP contribution >= 0.6 is 0 Å². The number of imide groups is 1. The van der Waals surface area contributed by atoms with Gasteiger partial charge in [-0.25, -0.2) is 8.42 Å². The van der Waals surface area contributed by atoms with E-state index in [1.165, 1.54) is 22.5 Å². The van der Waals surface area contributed by atoms with Crippen molar-refractivity contribution in [2.24, 2.45) is 0 Å². The van der Waals surface area contributed by atoms with Crippen LogP contribution in [0.5, 0.6) is 0 Å². The van der Waals surface area contributed by atoms with Crippen molar-refractivity contribution in [1.29, 1.82) is 0 Å². The van der Waals surface area contributed by atoms with Gasteiger partial charge in [0.1, 0.15) is 0 Å². The molecular formula is C22H25N3O5S. The summed E-state index contributed by atoms with van der Waals surface area (Å²) in [5.74, 6) is -1.07. The highest BCUT2D eigenvalue weighted by atomic mass is 32.2. The van der Waals surface area contributed by atoms with Crippen molar-refractivity contribution in [3.63, 3.8) is 0 Å². The van der Waals surface area contributed by atoms with Crippen LogP contribution in [0.1, 0.15) is 42.6 Å². The van der Waals surface area contributed by atoms with E-state index in [-0.39, 0.29) is 35.1 Å². The molecule has 8 nitrogen and oxygen atoms in total. The molecule has 1 fully saturated rings. The summed E-state index contributed by atoms with van der Waals surface area (Å²) in [6.07, 6.45) is 0.310. The molecule has 0 atom stereocenters. The number of benzene rings is 2. The second-order valence-electron chi connectivity index (χ2n) is 7.19. The number of hydrogen-bond acceptors (Lipinski definition) is 5. The number of sulfonamides is 1. The molecule has 1 aliphatic heterocycles. The molecule has 1 saturated heterocycles. The van der Waals surface area contributed by atoms with Gasteiger partial charge in [-0.05, 0) is 42.8 Å². The van der Waals surface area contributed by atoms with Gasteiger partial charge in [0.2, 0.25) is 21.8 Å². The Bertz CT molecular complexity index is 1120. The highest BCUT2D eigenvalue weighted by molar-refractivity contribution is 7.89. The number of anilines is 2. The lowest BCUT2D eigenvalue weighted by atomic mass is 10.1. The van der Waals surface area contributed by atoms with Crippen LogP contribution in [0.2, 0.25) is 0 Å². The van der Waals surface area contributed by atoms with E-state index in [4.69, 9.17) is 0 Å². The van der Waals surface area contributed by atoms with E-state index < -0.39 is 15.9 Å². The van der Waals surface area contributed by atoms with Crippen LogP contribution in [0.15, 0.2) is 47.4 Å². The minimum Gasteiger partial charge on any atom is -0.322 e. The van der Waals surface area contributed by atoms with Crippen LogP contribution in [0.3, 0.4) is 0 Å². The van der Waals surface area contributed by atoms with Crippen LogP contribution < -0.4 is 10.2 Å². The monoisotopic (exact) mass is 443 g/mol. The Balaban J connectivity index is 1.88. The van der Waals surface area contributed by atoms with Crippen molar-refractivity contribution in [1.82, 2.24) is 4.31 Å². The lowest BCUT2D eigenvalue weighted by molar-refractivity contribution is -0.121. The number of amides is 3. The highest BCUT2D eigenvalue weighted by Gasteiger charge is 2.30. The Morgan fingerprint density at radius 3 is 2.29 bits per heavy atom. The summed E-state index contributed by atoms with van der Waals surface area (Å²) in [7, 11) is -3.67. The molecule has 9 heteroatoms. The zero-order chi connectivity index (χ0) is 22.8. The largest absolute Gasteiger partial charge is 0.322 e. The van der Waals surface area contributed by atoms with E-state index in [0.29, 0.717) is 30.0 Å². The van der Waals surface area contributed by atoms with Crippen molar-refractivity contribution in [3.05, 3.63) is 53.6 Å². The van der Waals surface area contributed by atoms with Crippen molar-refractivity contribution < 1.29 is 22.8 Å². The minimum absolute atomic E-state index is 0.0964. The number of hydrogen-bond donors (Lipinski definition) is 1. The number of aryl methyl sites for hydroxylation is 1. The molecule has 0 unspecified atom stereocenters. The van der Waals surface area contributed by atoms with Gasteiger partial charge >= 0.3 is 0 Å². The summed E-state index contributed by atoms with van der Waals surface area (Å²) in [5.41, 5.74) is 1.67. The van der Waals surface area contributed by atoms with Crippen molar-refractivity contribution >= 4 is 39.1 Å². The second-order valence-corrected chi connectivity index (χ2v) is 9.13. The van der Waals surface area contributed by atoms with Crippen LogP contribution in [0, 0.1) is 6.92 Å². The minimum atomic E-state index is -3.67. The maximum atomic E-state index is 12.8. The lowest BCUT2D eigenvalue weighted by Crippen LogP contribution is -2.30. The Labute approximate surface area is 181 Å². The summed E-state index contributed by atoms with van der Waals surface area (Å²) < 4.78 is 27.0. The molecule has 2 aromatic rings. The SMILES string of the molecule is CCN(CC)S(=O)(=O)c1ccc(C)c(NC(=O)c2cccc(N3C(=O)CCC3=O)c2)c1. The fraction of sp³-hybridized carbons (Fsp3) is 0.318. The van der Waals surface area contributed by atoms with Crippen molar-refractivity contribution in [2.45, 2.75) is 38.5 Å². The van der Waals surface area contributed by atoms with Crippen molar-refractivity contribution in [3.8, 4) is 0 Å². The average molecular weight is 444 g/mol. The summed E-state index contributed by atoms with van der Waals surface area (Å²) >= 11 is 0. The highest BCUT2D eigenvalue weighted by Crippen LogP contribution is 2.26. The first-order valence-electron chi connectivity index (χ1n) is 10.1. The smallest absolute Gasteiger partial charge is 0.255 e. The number of rotatable bonds is 7. The quantitative estimate of drug-likeness (QED) is 0.663. The molecule has 0 saturated carbocycles. The third-order valence-electron chi connectivity index (χ3n) is 5.22. The first kappa shape index (κ1) is 22.6. The molecular weight excluding hydrogens is 418 g/mol. The first-order chi connectivity index (χ1) is 14.7. The van der Waals surface area contributed by atoms with E-state index in [1.54, 1.807) is 45.0 Å². The van der Waals surface area contributed by atoms with Crippen LogP contribution in [-0.2, 0) is 19.6 Å². The molecule has 0 aromatic heterocycles. The summed E-state index contributed by atoms with van der Waals surface area (Å²) in [6, 6.07) is 10.8. The van der Waals surface area contributed by atoms with Crippen LogP contribution in [0.25, 0.3) is 0 Å². The lowest BCUT2D eigenvalue weighted by Gasteiger charge is -2.19. The summed E-state index contributed by atoms with van der Waals surface area (Å²) in [4.78, 5) is 38.0. The third kappa shape index (κ3) is 4.52. The fourth-order valence-corrected chi connectivity index (χ4v) is 4.94. The van der Waals surface area contributed by atoms with Crippen LogP contribution in [-0.4, -0.2) is 43.5 Å². The van der Waals surface area contributed by atoms with E-state index >= 15 is 0 Å². The predicted molar refractivity (Wildman–Crippen MR) is 117 cm³/mol. The molecule has 3 amide bonds. The summed E-state index contributed by atoms with van der Waals surface area (Å²) in [5, 5.41) is 2.74. The Hall–Kier alpha value is -3.04. The molecule has 164 valence electrons. The van der Waals surface area contributed by atoms with Crippen LogP contribution in [0.4, 0.5) is 11.4 Å². The molecule has 3 rings (SSSR count). The number of carbonyl (C=O) groups excluding carboxylic acids is 3. The molecule has 31 heavy (non-hydrogen) atoms. The molecule has 1 aliphatic rings. The number of nitrogens with zero attached hydrogens (tertiary/aromatic N) is 2. The maximum absolute atomic E-state index is 12.8. The van der Waals surface area contributed by atoms with Gasteiger partial charge in [0.25, 0.3) is 5.91 Å². The van der Waals surface area contributed by atoms with Gasteiger partial charge in [-0.15, -0.1) is 0 Å². The summed E-state index contributed by atoms with van der Waals surface area (Å²) in [6.45, 7) is 5.98. The van der Waals surface area contributed by atoms with Gasteiger partial charge in [0, 0.05) is 37.2 Å². The second kappa shape index (κ2) is 8.99. The van der Waals surface area contributed by atoms with Gasteiger partial charge in [0.05, 0.1) is 10.6 Å². The molecule has 0 bridgehead atoms. The van der Waals surface area contributed by atoms with E-state index in [9.17, 15) is 22.8 Å². The topological polar surface area (TPSA) is 104 Å². The number of nitrogens with one attached hydrogen (secondary N) is 1. The Morgan fingerprint density at radius 2 is 1.68 bits per heavy atom. The number of carbonyl (C=O) groups is 3. The van der Waals surface area contributed by atoms with Gasteiger partial charge in [-0.2, -0.15) is 4.31 Å². The Morgan fingerprint density at radius 1 is 1.03 bits per heavy atom. The standard InChI is InChI=1S/C22H25N3O5S/c1-4-24(5-2)31(29,30)18-10-9-15(3)19(14-18)23-22(28)16-7-6-8-17(13-16)25-20(26)11-12-21(25)27/h6-10,13-14H,4-5,11-12H2,1-3H3,(H,23,28). The molecule has 2 aromatic carbocycles. The van der Waals surface area contributed by atoms with E-state index in [1.807, 2.05) is 0 Å². The zero-order valence-electron chi connectivity index (χ0n) is 17.7. The molecule has 0 spiro atoms. The molecule has 1 N–H and O–H groups in total. The van der Waals surface area contributed by atoms with Crippen molar-refractivity contribution in [2.75, 3.05) is 23.3 Å². The maximum Gasteiger partial charge on any atom is 0.255 e. The fourth-order valence-electron chi connectivity index (χ4n) is 3.45. The van der Waals surface area contributed by atoms with E-state index in [2.05, 4.69) is 5.32 Å². The molecule has 1 heterocycles. The Kier molecular flexibility index (Phi) is 6.56. The first-order valence-corrected chi connectivity index (χ1v) is 11.5. The third-order valence-corrected chi connectivity index (χ3v) is 7.26. The average Bonchev–Trinajstić information content (AvgIpc) is 3.08.